The predicted octanol–water partition coefficient (Wildman–Crippen LogP) is 2.56. The molecule has 4 nitrogen and oxygen atoms in total. The molecule has 0 radical (unpaired) electrons. The number of aromatic nitrogens is 1. The maximum Gasteiger partial charge on any atom is 0.266 e. The number of rotatable bonds is 3. The standard InChI is InChI=1S/C7H5ClF2INO3S/c1-15-4-5(16(8,13)14)3(6(9)10)2-12-7(4)11/h2,6H,1H3. The molecule has 0 saturated heterocycles. The third-order valence-corrected chi connectivity index (χ3v) is 3.80. The summed E-state index contributed by atoms with van der Waals surface area (Å²) in [5, 5.41) is 0. The lowest BCUT2D eigenvalue weighted by atomic mass is 10.3. The number of methoxy groups -OCH3 is 1. The molecule has 1 heterocycles. The molecule has 0 amide bonds. The first kappa shape index (κ1) is 13.8. The lowest BCUT2D eigenvalue weighted by Crippen LogP contribution is -2.05. The van der Waals surface area contributed by atoms with Gasteiger partial charge in [-0.25, -0.2) is 22.2 Å². The van der Waals surface area contributed by atoms with Crippen LogP contribution >= 0.6 is 33.3 Å². The SMILES string of the molecule is COc1c(I)ncc(C(F)F)c1S(=O)(=O)Cl. The minimum absolute atomic E-state index is 0.142. The number of hydrogen-bond donors (Lipinski definition) is 0. The zero-order chi connectivity index (χ0) is 12.5. The molecule has 0 N–H and O–H groups in total. The van der Waals surface area contributed by atoms with Crippen molar-refractivity contribution in [3.63, 3.8) is 0 Å². The van der Waals surface area contributed by atoms with Crippen molar-refractivity contribution in [2.75, 3.05) is 7.11 Å². The van der Waals surface area contributed by atoms with E-state index in [1.165, 1.54) is 0 Å². The van der Waals surface area contributed by atoms with Gasteiger partial charge in [-0.3, -0.25) is 0 Å². The van der Waals surface area contributed by atoms with Gasteiger partial charge in [-0.15, -0.1) is 0 Å². The van der Waals surface area contributed by atoms with E-state index >= 15 is 0 Å². The van der Waals surface area contributed by atoms with E-state index in [4.69, 9.17) is 15.4 Å². The van der Waals surface area contributed by atoms with Gasteiger partial charge >= 0.3 is 0 Å². The van der Waals surface area contributed by atoms with Gasteiger partial charge in [0.1, 0.15) is 8.60 Å². The van der Waals surface area contributed by atoms with Crippen molar-refractivity contribution in [3.8, 4) is 5.75 Å². The summed E-state index contributed by atoms with van der Waals surface area (Å²) in [5.41, 5.74) is -0.771. The Morgan fingerprint density at radius 2 is 2.12 bits per heavy atom. The Morgan fingerprint density at radius 3 is 2.50 bits per heavy atom. The van der Waals surface area contributed by atoms with Gasteiger partial charge in [-0.2, -0.15) is 0 Å². The highest BCUT2D eigenvalue weighted by Crippen LogP contribution is 2.37. The summed E-state index contributed by atoms with van der Waals surface area (Å²) in [5.74, 6) is -0.270. The lowest BCUT2D eigenvalue weighted by molar-refractivity contribution is 0.146. The van der Waals surface area contributed by atoms with Gasteiger partial charge in [0.25, 0.3) is 15.5 Å². The van der Waals surface area contributed by atoms with E-state index in [1.807, 2.05) is 0 Å². The minimum Gasteiger partial charge on any atom is -0.493 e. The lowest BCUT2D eigenvalue weighted by Gasteiger charge is -2.11. The van der Waals surface area contributed by atoms with E-state index in [9.17, 15) is 17.2 Å². The topological polar surface area (TPSA) is 56.3 Å². The fraction of sp³-hybridized carbons (Fsp3) is 0.286. The van der Waals surface area contributed by atoms with Crippen molar-refractivity contribution in [3.05, 3.63) is 15.5 Å². The summed E-state index contributed by atoms with van der Waals surface area (Å²) < 4.78 is 52.5. The van der Waals surface area contributed by atoms with Crippen LogP contribution in [-0.4, -0.2) is 20.5 Å². The molecule has 0 aliphatic carbocycles. The second-order valence-corrected chi connectivity index (χ2v) is 6.13. The van der Waals surface area contributed by atoms with Crippen LogP contribution in [0.3, 0.4) is 0 Å². The molecule has 9 heteroatoms. The van der Waals surface area contributed by atoms with E-state index in [0.717, 1.165) is 13.3 Å². The van der Waals surface area contributed by atoms with Crippen molar-refractivity contribution in [1.29, 1.82) is 0 Å². The van der Waals surface area contributed by atoms with Crippen molar-refractivity contribution >= 4 is 42.3 Å². The zero-order valence-electron chi connectivity index (χ0n) is 7.75. The van der Waals surface area contributed by atoms with Crippen molar-refractivity contribution in [1.82, 2.24) is 4.98 Å². The Hall–Kier alpha value is -0.220. The van der Waals surface area contributed by atoms with Crippen LogP contribution in [0.5, 0.6) is 5.75 Å². The molecule has 0 bridgehead atoms. The van der Waals surface area contributed by atoms with Crippen molar-refractivity contribution in [2.24, 2.45) is 0 Å². The molecule has 0 spiro atoms. The molecule has 0 aromatic carbocycles. The fourth-order valence-corrected chi connectivity index (χ4v) is 3.17. The Labute approximate surface area is 109 Å². The molecule has 0 unspecified atom stereocenters. The van der Waals surface area contributed by atoms with Crippen LogP contribution in [-0.2, 0) is 9.05 Å². The normalized spacial score (nSPS) is 11.9. The summed E-state index contributed by atoms with van der Waals surface area (Å²) in [6, 6.07) is 0. The fourth-order valence-electron chi connectivity index (χ4n) is 1.05. The molecule has 1 aromatic rings. The minimum atomic E-state index is -4.32. The molecule has 16 heavy (non-hydrogen) atoms. The van der Waals surface area contributed by atoms with Gasteiger partial charge in [0.2, 0.25) is 0 Å². The van der Waals surface area contributed by atoms with Crippen LogP contribution in [0, 0.1) is 3.70 Å². The molecule has 1 aromatic heterocycles. The Bertz CT molecular complexity index is 509. The molecule has 1 rings (SSSR count). The van der Waals surface area contributed by atoms with E-state index in [1.54, 1.807) is 22.6 Å². The van der Waals surface area contributed by atoms with Crippen LogP contribution in [0.4, 0.5) is 8.78 Å². The molecule has 0 fully saturated rings. The first-order chi connectivity index (χ1) is 7.29. The Kier molecular flexibility index (Phi) is 4.29. The summed E-state index contributed by atoms with van der Waals surface area (Å²) in [6.07, 6.45) is -2.23. The average Bonchev–Trinajstić information content (AvgIpc) is 2.15. The third kappa shape index (κ3) is 2.72. The molecule has 0 saturated carbocycles. The Morgan fingerprint density at radius 1 is 1.56 bits per heavy atom. The summed E-state index contributed by atoms with van der Waals surface area (Å²) in [6.45, 7) is 0. The summed E-state index contributed by atoms with van der Waals surface area (Å²) >= 11 is 1.66. The molecule has 0 aliphatic rings. The summed E-state index contributed by atoms with van der Waals surface area (Å²) in [7, 11) is 1.92. The number of alkyl halides is 2. The number of nitrogens with zero attached hydrogens (tertiary/aromatic N) is 1. The molecule has 0 aliphatic heterocycles. The number of hydrogen-bond acceptors (Lipinski definition) is 4. The maximum atomic E-state index is 12.6. The van der Waals surface area contributed by atoms with Gasteiger partial charge in [0, 0.05) is 16.9 Å². The smallest absolute Gasteiger partial charge is 0.266 e. The highest BCUT2D eigenvalue weighted by molar-refractivity contribution is 14.1. The second kappa shape index (κ2) is 4.96. The monoisotopic (exact) mass is 383 g/mol. The summed E-state index contributed by atoms with van der Waals surface area (Å²) in [4.78, 5) is 2.87. The van der Waals surface area contributed by atoms with Crippen LogP contribution in [0.15, 0.2) is 11.1 Å². The van der Waals surface area contributed by atoms with Gasteiger partial charge < -0.3 is 4.74 Å². The Balaban J connectivity index is 3.68. The van der Waals surface area contributed by atoms with E-state index < -0.39 is 25.9 Å². The van der Waals surface area contributed by atoms with Crippen molar-refractivity contribution < 1.29 is 21.9 Å². The van der Waals surface area contributed by atoms with Crippen LogP contribution in [0.1, 0.15) is 12.0 Å². The largest absolute Gasteiger partial charge is 0.493 e. The molecular weight excluding hydrogens is 379 g/mol. The van der Waals surface area contributed by atoms with Gasteiger partial charge in [0.15, 0.2) is 5.75 Å². The van der Waals surface area contributed by atoms with Crippen LogP contribution in [0.2, 0.25) is 0 Å². The number of pyridine rings is 1. The average molecular weight is 384 g/mol. The van der Waals surface area contributed by atoms with Gasteiger partial charge in [-0.1, -0.05) is 0 Å². The highest BCUT2D eigenvalue weighted by Gasteiger charge is 2.28. The van der Waals surface area contributed by atoms with Gasteiger partial charge in [0.05, 0.1) is 12.7 Å². The predicted molar refractivity (Wildman–Crippen MR) is 61.5 cm³/mol. The third-order valence-electron chi connectivity index (χ3n) is 1.66. The van der Waals surface area contributed by atoms with E-state index in [2.05, 4.69) is 4.98 Å². The first-order valence-electron chi connectivity index (χ1n) is 3.74. The van der Waals surface area contributed by atoms with Crippen LogP contribution in [0.25, 0.3) is 0 Å². The molecular formula is C7H5ClF2INO3S. The zero-order valence-corrected chi connectivity index (χ0v) is 11.5. The first-order valence-corrected chi connectivity index (χ1v) is 7.13. The number of ether oxygens (including phenoxy) is 1. The quantitative estimate of drug-likeness (QED) is 0.457. The molecule has 90 valence electrons. The van der Waals surface area contributed by atoms with E-state index in [-0.39, 0.29) is 9.45 Å². The van der Waals surface area contributed by atoms with E-state index in [0.29, 0.717) is 0 Å². The van der Waals surface area contributed by atoms with Gasteiger partial charge in [-0.05, 0) is 22.6 Å². The molecule has 0 atom stereocenters. The number of halogens is 4. The second-order valence-electron chi connectivity index (χ2n) is 2.61. The van der Waals surface area contributed by atoms with Crippen molar-refractivity contribution in [2.45, 2.75) is 11.3 Å². The highest BCUT2D eigenvalue weighted by atomic mass is 127. The maximum absolute atomic E-state index is 12.6. The van der Waals surface area contributed by atoms with Crippen LogP contribution < -0.4 is 4.74 Å².